The second-order valence-corrected chi connectivity index (χ2v) is 8.17. The molecule has 0 amide bonds. The van der Waals surface area contributed by atoms with Crippen molar-refractivity contribution in [3.8, 4) is 0 Å². The molecule has 3 fully saturated rings. The molecule has 0 radical (unpaired) electrons. The van der Waals surface area contributed by atoms with Crippen molar-refractivity contribution in [3.05, 3.63) is 24.2 Å². The number of guanidine groups is 1. The summed E-state index contributed by atoms with van der Waals surface area (Å²) in [6.07, 6.45) is 9.13. The van der Waals surface area contributed by atoms with E-state index in [1.807, 2.05) is 12.1 Å². The van der Waals surface area contributed by atoms with Crippen LogP contribution in [0.5, 0.6) is 0 Å². The third-order valence-corrected chi connectivity index (χ3v) is 6.09. The van der Waals surface area contributed by atoms with Gasteiger partial charge in [0, 0.05) is 51.7 Å². The number of morpholine rings is 1. The Labute approximate surface area is 162 Å². The first-order valence-corrected chi connectivity index (χ1v) is 10.8. The van der Waals surface area contributed by atoms with Crippen molar-refractivity contribution in [1.82, 2.24) is 15.1 Å². The molecule has 1 unspecified atom stereocenters. The van der Waals surface area contributed by atoms with Crippen LogP contribution < -0.4 is 5.32 Å². The lowest BCUT2D eigenvalue weighted by atomic mass is 10.1. The highest BCUT2D eigenvalue weighted by Crippen LogP contribution is 2.21. The van der Waals surface area contributed by atoms with E-state index in [1.54, 1.807) is 6.26 Å². The Morgan fingerprint density at radius 3 is 2.78 bits per heavy atom. The van der Waals surface area contributed by atoms with E-state index in [2.05, 4.69) is 15.1 Å². The normalized spacial score (nSPS) is 25.4. The number of hydrogen-bond acceptors (Lipinski definition) is 4. The Hall–Kier alpha value is -1.53. The minimum Gasteiger partial charge on any atom is -0.469 e. The van der Waals surface area contributed by atoms with Gasteiger partial charge in [-0.3, -0.25) is 9.89 Å². The zero-order chi connectivity index (χ0) is 18.3. The molecule has 0 aromatic carbocycles. The quantitative estimate of drug-likeness (QED) is 0.612. The zero-order valence-electron chi connectivity index (χ0n) is 16.4. The summed E-state index contributed by atoms with van der Waals surface area (Å²) in [5.41, 5.74) is 0. The SMILES string of the molecule is c1coc(CCN=C(NC2CCCC2)N2CCC(CN3CCOCC3)C2)c1. The van der Waals surface area contributed by atoms with Crippen LogP contribution in [0.4, 0.5) is 0 Å². The van der Waals surface area contributed by atoms with E-state index in [1.165, 1.54) is 38.6 Å². The molecule has 1 N–H and O–H groups in total. The van der Waals surface area contributed by atoms with E-state index in [0.717, 1.165) is 70.0 Å². The number of furan rings is 1. The van der Waals surface area contributed by atoms with E-state index in [9.17, 15) is 0 Å². The first-order valence-electron chi connectivity index (χ1n) is 10.8. The lowest BCUT2D eigenvalue weighted by molar-refractivity contribution is 0.0315. The summed E-state index contributed by atoms with van der Waals surface area (Å²) in [4.78, 5) is 10.0. The van der Waals surface area contributed by atoms with E-state index in [4.69, 9.17) is 14.1 Å². The largest absolute Gasteiger partial charge is 0.469 e. The average Bonchev–Trinajstić information content (AvgIpc) is 3.45. The van der Waals surface area contributed by atoms with Gasteiger partial charge in [-0.15, -0.1) is 0 Å². The van der Waals surface area contributed by atoms with Gasteiger partial charge >= 0.3 is 0 Å². The molecule has 2 aliphatic heterocycles. The van der Waals surface area contributed by atoms with Gasteiger partial charge in [-0.2, -0.15) is 0 Å². The van der Waals surface area contributed by atoms with Crippen LogP contribution in [0.3, 0.4) is 0 Å². The molecule has 1 saturated carbocycles. The number of rotatable bonds is 6. The number of nitrogens with zero attached hydrogens (tertiary/aromatic N) is 3. The fourth-order valence-corrected chi connectivity index (χ4v) is 4.54. The maximum Gasteiger partial charge on any atom is 0.194 e. The summed E-state index contributed by atoms with van der Waals surface area (Å²) in [7, 11) is 0. The van der Waals surface area contributed by atoms with Crippen molar-refractivity contribution >= 4 is 5.96 Å². The van der Waals surface area contributed by atoms with Crippen LogP contribution >= 0.6 is 0 Å². The monoisotopic (exact) mass is 374 g/mol. The van der Waals surface area contributed by atoms with Gasteiger partial charge in [-0.05, 0) is 37.3 Å². The molecule has 0 spiro atoms. The van der Waals surface area contributed by atoms with Gasteiger partial charge in [0.1, 0.15) is 5.76 Å². The molecule has 27 heavy (non-hydrogen) atoms. The topological polar surface area (TPSA) is 53.2 Å². The molecule has 6 nitrogen and oxygen atoms in total. The summed E-state index contributed by atoms with van der Waals surface area (Å²) in [6.45, 7) is 8.17. The fraction of sp³-hybridized carbons (Fsp3) is 0.762. The van der Waals surface area contributed by atoms with Crippen LogP contribution in [0.2, 0.25) is 0 Å². The van der Waals surface area contributed by atoms with Crippen LogP contribution in [-0.2, 0) is 11.2 Å². The average molecular weight is 375 g/mol. The van der Waals surface area contributed by atoms with Crippen molar-refractivity contribution in [3.63, 3.8) is 0 Å². The number of likely N-dealkylation sites (tertiary alicyclic amines) is 1. The van der Waals surface area contributed by atoms with Gasteiger partial charge in [0.25, 0.3) is 0 Å². The number of ether oxygens (including phenoxy) is 1. The first kappa shape index (κ1) is 18.8. The van der Waals surface area contributed by atoms with Crippen LogP contribution in [0.1, 0.15) is 37.9 Å². The van der Waals surface area contributed by atoms with Gasteiger partial charge in [0.05, 0.1) is 19.5 Å². The highest BCUT2D eigenvalue weighted by atomic mass is 16.5. The van der Waals surface area contributed by atoms with Crippen molar-refractivity contribution in [2.24, 2.45) is 10.9 Å². The first-order chi connectivity index (χ1) is 13.4. The maximum atomic E-state index is 5.48. The Kier molecular flexibility index (Phi) is 6.69. The maximum absolute atomic E-state index is 5.48. The third-order valence-electron chi connectivity index (χ3n) is 6.09. The van der Waals surface area contributed by atoms with Crippen LogP contribution in [0.15, 0.2) is 27.8 Å². The van der Waals surface area contributed by atoms with Gasteiger partial charge in [0.2, 0.25) is 0 Å². The summed E-state index contributed by atoms with van der Waals surface area (Å²) >= 11 is 0. The van der Waals surface area contributed by atoms with E-state index in [-0.39, 0.29) is 0 Å². The number of hydrogen-bond donors (Lipinski definition) is 1. The van der Waals surface area contributed by atoms with Gasteiger partial charge in [0.15, 0.2) is 5.96 Å². The fourth-order valence-electron chi connectivity index (χ4n) is 4.54. The van der Waals surface area contributed by atoms with E-state index < -0.39 is 0 Å². The molecule has 1 aromatic heterocycles. The van der Waals surface area contributed by atoms with Crippen LogP contribution in [-0.4, -0.2) is 74.3 Å². The highest BCUT2D eigenvalue weighted by Gasteiger charge is 2.28. The highest BCUT2D eigenvalue weighted by molar-refractivity contribution is 5.80. The molecule has 1 atom stereocenters. The summed E-state index contributed by atoms with van der Waals surface area (Å²) < 4.78 is 10.9. The van der Waals surface area contributed by atoms with Gasteiger partial charge in [-0.25, -0.2) is 0 Å². The van der Waals surface area contributed by atoms with Crippen molar-refractivity contribution in [2.75, 3.05) is 52.5 Å². The van der Waals surface area contributed by atoms with E-state index >= 15 is 0 Å². The van der Waals surface area contributed by atoms with Gasteiger partial charge in [-0.1, -0.05) is 12.8 Å². The molecule has 150 valence electrons. The molecule has 1 aliphatic carbocycles. The zero-order valence-corrected chi connectivity index (χ0v) is 16.4. The molecular formula is C21H34N4O2. The molecule has 3 heterocycles. The standard InChI is InChI=1S/C21H34N4O2/c1-2-5-19(4-1)23-21(22-9-7-20-6-3-13-27-20)25-10-8-18(17-25)16-24-11-14-26-15-12-24/h3,6,13,18-19H,1-2,4-5,7-12,14-17H2,(H,22,23). The number of aliphatic imine (C=N–C) groups is 1. The number of nitrogens with one attached hydrogen (secondary N) is 1. The van der Waals surface area contributed by atoms with Crippen molar-refractivity contribution < 1.29 is 9.15 Å². The predicted molar refractivity (Wildman–Crippen MR) is 107 cm³/mol. The molecule has 0 bridgehead atoms. The predicted octanol–water partition coefficient (Wildman–Crippen LogP) is 2.36. The molecule has 1 aromatic rings. The van der Waals surface area contributed by atoms with E-state index in [0.29, 0.717) is 6.04 Å². The molecule has 3 aliphatic rings. The lowest BCUT2D eigenvalue weighted by Gasteiger charge is -2.29. The summed E-state index contributed by atoms with van der Waals surface area (Å²) in [5.74, 6) is 2.88. The summed E-state index contributed by atoms with van der Waals surface area (Å²) in [6, 6.07) is 4.59. The van der Waals surface area contributed by atoms with Crippen molar-refractivity contribution in [2.45, 2.75) is 44.6 Å². The lowest BCUT2D eigenvalue weighted by Crippen LogP contribution is -2.45. The minimum atomic E-state index is 0.602. The Morgan fingerprint density at radius 2 is 2.00 bits per heavy atom. The van der Waals surface area contributed by atoms with Crippen molar-refractivity contribution in [1.29, 1.82) is 0 Å². The molecular weight excluding hydrogens is 340 g/mol. The molecule has 4 rings (SSSR count). The second kappa shape index (κ2) is 9.60. The third kappa shape index (κ3) is 5.48. The smallest absolute Gasteiger partial charge is 0.194 e. The second-order valence-electron chi connectivity index (χ2n) is 8.17. The Bertz CT molecular complexity index is 577. The minimum absolute atomic E-state index is 0.602. The van der Waals surface area contributed by atoms with Crippen LogP contribution in [0.25, 0.3) is 0 Å². The summed E-state index contributed by atoms with van der Waals surface area (Å²) in [5, 5.41) is 3.77. The van der Waals surface area contributed by atoms with Gasteiger partial charge < -0.3 is 19.4 Å². The Balaban J connectivity index is 1.32. The molecule has 6 heteroatoms. The Morgan fingerprint density at radius 1 is 1.15 bits per heavy atom. The molecule has 2 saturated heterocycles. The van der Waals surface area contributed by atoms with Crippen LogP contribution in [0, 0.1) is 5.92 Å².